The van der Waals surface area contributed by atoms with Gasteiger partial charge in [-0.1, -0.05) is 77.0 Å². The van der Waals surface area contributed by atoms with Gasteiger partial charge in [-0.3, -0.25) is 19.2 Å². The molecule has 0 saturated heterocycles. The quantitative estimate of drug-likeness (QED) is 0.0422. The van der Waals surface area contributed by atoms with Crippen LogP contribution in [-0.2, 0) is 43.0 Å². The van der Waals surface area contributed by atoms with E-state index in [2.05, 4.69) is 16.0 Å². The van der Waals surface area contributed by atoms with Gasteiger partial charge < -0.3 is 45.5 Å². The van der Waals surface area contributed by atoms with Gasteiger partial charge in [0.25, 0.3) is 0 Å². The summed E-state index contributed by atoms with van der Waals surface area (Å²) in [7, 11) is 0. The van der Waals surface area contributed by atoms with Crippen LogP contribution in [0.5, 0.6) is 0 Å². The maximum Gasteiger partial charge on any atom is 0.329 e. The van der Waals surface area contributed by atoms with Crippen molar-refractivity contribution in [2.45, 2.75) is 135 Å². The molecule has 6 N–H and O–H groups in total. The number of ether oxygens (including phenoxy) is 3. The molecule has 3 amide bonds. The standard InChI is InChI=1S/C33H59N3O12/c1-2-47-32(48-25-31(42)43)23-35-29(39)24-46-22-21-34-27(37)20-19-26(33(44)45)36-28(38)17-15-13-11-9-7-5-3-4-6-8-10-12-14-16-18-30(40)41/h26,32H,2-25H2,1H3,(H,34,37)(H,35,39)(H,36,38)(H,40,41)(H,42,43)(H,44,45). The van der Waals surface area contributed by atoms with E-state index in [-0.39, 0.29) is 64.5 Å². The van der Waals surface area contributed by atoms with Gasteiger partial charge in [-0.2, -0.15) is 0 Å². The van der Waals surface area contributed by atoms with Crippen LogP contribution in [-0.4, -0.2) is 103 Å². The van der Waals surface area contributed by atoms with E-state index >= 15 is 0 Å². The van der Waals surface area contributed by atoms with E-state index in [1.165, 1.54) is 38.5 Å². The van der Waals surface area contributed by atoms with E-state index in [4.69, 9.17) is 24.4 Å². The van der Waals surface area contributed by atoms with Crippen LogP contribution in [0.3, 0.4) is 0 Å². The molecule has 0 saturated carbocycles. The maximum atomic E-state index is 12.3. The van der Waals surface area contributed by atoms with Gasteiger partial charge in [-0.15, -0.1) is 0 Å². The zero-order chi connectivity index (χ0) is 35.8. The predicted octanol–water partition coefficient (Wildman–Crippen LogP) is 3.38. The van der Waals surface area contributed by atoms with E-state index in [1.807, 2.05) is 0 Å². The van der Waals surface area contributed by atoms with Gasteiger partial charge in [0.2, 0.25) is 17.7 Å². The molecule has 2 atom stereocenters. The lowest BCUT2D eigenvalue weighted by Crippen LogP contribution is -2.41. The molecule has 0 aliphatic rings. The molecule has 0 radical (unpaired) electrons. The fourth-order valence-electron chi connectivity index (χ4n) is 4.76. The SMILES string of the molecule is CCOC(CNC(=O)COCCNC(=O)CCC(NC(=O)CCCCCCCCCCCCCCCCC(=O)O)C(=O)O)OCC(=O)O. The Labute approximate surface area is 284 Å². The molecule has 2 unspecified atom stereocenters. The summed E-state index contributed by atoms with van der Waals surface area (Å²) in [6, 6.07) is -1.17. The number of amides is 3. The first kappa shape index (κ1) is 44.7. The highest BCUT2D eigenvalue weighted by atomic mass is 16.7. The molecular weight excluding hydrogens is 630 g/mol. The van der Waals surface area contributed by atoms with Gasteiger partial charge >= 0.3 is 17.9 Å². The Morgan fingerprint density at radius 2 is 1.12 bits per heavy atom. The molecular formula is C33H59N3O12. The van der Waals surface area contributed by atoms with Gasteiger partial charge in [0.05, 0.1) is 13.2 Å². The Balaban J connectivity index is 3.84. The van der Waals surface area contributed by atoms with Crippen molar-refractivity contribution in [1.82, 2.24) is 16.0 Å². The number of unbranched alkanes of at least 4 members (excludes halogenated alkanes) is 13. The van der Waals surface area contributed by atoms with Crippen LogP contribution >= 0.6 is 0 Å². The second-order valence-electron chi connectivity index (χ2n) is 11.6. The summed E-state index contributed by atoms with van der Waals surface area (Å²) in [5, 5.41) is 34.3. The molecule has 0 aromatic rings. The van der Waals surface area contributed by atoms with Gasteiger partial charge in [0.1, 0.15) is 19.3 Å². The van der Waals surface area contributed by atoms with Crippen LogP contribution in [0.4, 0.5) is 0 Å². The van der Waals surface area contributed by atoms with Crippen molar-refractivity contribution >= 4 is 35.6 Å². The minimum atomic E-state index is -1.21. The second-order valence-corrected chi connectivity index (χ2v) is 11.6. The largest absolute Gasteiger partial charge is 0.481 e. The summed E-state index contributed by atoms with van der Waals surface area (Å²) in [6.07, 6.45) is 14.4. The van der Waals surface area contributed by atoms with Crippen molar-refractivity contribution in [2.75, 3.05) is 39.5 Å². The number of carboxylic acids is 3. The zero-order valence-corrected chi connectivity index (χ0v) is 28.6. The summed E-state index contributed by atoms with van der Waals surface area (Å²) < 4.78 is 15.4. The highest BCUT2D eigenvalue weighted by Gasteiger charge is 2.21. The number of hydrogen-bond donors (Lipinski definition) is 6. The average Bonchev–Trinajstić information content (AvgIpc) is 3.03. The molecule has 278 valence electrons. The number of rotatable bonds is 34. The van der Waals surface area contributed by atoms with Crippen LogP contribution in [0.2, 0.25) is 0 Å². The van der Waals surface area contributed by atoms with Crippen LogP contribution in [0.15, 0.2) is 0 Å². The fraction of sp³-hybridized carbons (Fsp3) is 0.818. The van der Waals surface area contributed by atoms with Crippen LogP contribution in [0.25, 0.3) is 0 Å². The number of carbonyl (C=O) groups is 6. The Hall–Kier alpha value is -3.30. The van der Waals surface area contributed by atoms with Gasteiger partial charge in [-0.25, -0.2) is 9.59 Å². The normalized spacial score (nSPS) is 12.2. The van der Waals surface area contributed by atoms with E-state index < -0.39 is 48.7 Å². The van der Waals surface area contributed by atoms with Crippen molar-refractivity contribution in [3.05, 3.63) is 0 Å². The third-order valence-corrected chi connectivity index (χ3v) is 7.35. The highest BCUT2D eigenvalue weighted by Crippen LogP contribution is 2.14. The summed E-state index contributed by atoms with van der Waals surface area (Å²) >= 11 is 0. The molecule has 48 heavy (non-hydrogen) atoms. The molecule has 15 heteroatoms. The van der Waals surface area contributed by atoms with Crippen molar-refractivity contribution in [3.63, 3.8) is 0 Å². The summed E-state index contributed by atoms with van der Waals surface area (Å²) in [5.74, 6) is -4.33. The van der Waals surface area contributed by atoms with Crippen LogP contribution in [0, 0.1) is 0 Å². The first-order chi connectivity index (χ1) is 23.0. The molecule has 0 fully saturated rings. The predicted molar refractivity (Wildman–Crippen MR) is 176 cm³/mol. The van der Waals surface area contributed by atoms with E-state index in [1.54, 1.807) is 6.92 Å². The molecule has 0 aromatic carbocycles. The lowest BCUT2D eigenvalue weighted by molar-refractivity contribution is -0.166. The molecule has 0 heterocycles. The van der Waals surface area contributed by atoms with Crippen molar-refractivity contribution in [2.24, 2.45) is 0 Å². The minimum Gasteiger partial charge on any atom is -0.481 e. The number of nitrogens with one attached hydrogen (secondary N) is 3. The molecule has 15 nitrogen and oxygen atoms in total. The van der Waals surface area contributed by atoms with Gasteiger partial charge in [-0.05, 0) is 26.2 Å². The molecule has 0 aliphatic carbocycles. The minimum absolute atomic E-state index is 0.0303. The summed E-state index contributed by atoms with van der Waals surface area (Å²) in [6.45, 7) is 1.15. The first-order valence-corrected chi connectivity index (χ1v) is 17.3. The number of hydrogen-bond acceptors (Lipinski definition) is 9. The zero-order valence-electron chi connectivity index (χ0n) is 28.6. The van der Waals surface area contributed by atoms with Crippen LogP contribution < -0.4 is 16.0 Å². The monoisotopic (exact) mass is 689 g/mol. The smallest absolute Gasteiger partial charge is 0.329 e. The summed E-state index contributed by atoms with van der Waals surface area (Å²) in [5.41, 5.74) is 0. The van der Waals surface area contributed by atoms with E-state index in [0.717, 1.165) is 44.9 Å². The van der Waals surface area contributed by atoms with E-state index in [0.29, 0.717) is 6.42 Å². The number of carboxylic acid groups (broad SMARTS) is 3. The molecule has 0 aliphatic heterocycles. The Morgan fingerprint density at radius 3 is 1.62 bits per heavy atom. The Morgan fingerprint density at radius 1 is 0.583 bits per heavy atom. The fourth-order valence-corrected chi connectivity index (χ4v) is 4.76. The molecule has 0 rings (SSSR count). The van der Waals surface area contributed by atoms with Gasteiger partial charge in [0.15, 0.2) is 6.29 Å². The third-order valence-electron chi connectivity index (χ3n) is 7.35. The van der Waals surface area contributed by atoms with Gasteiger partial charge in [0, 0.05) is 32.4 Å². The van der Waals surface area contributed by atoms with Crippen molar-refractivity contribution < 1.29 is 58.3 Å². The third kappa shape index (κ3) is 30.1. The molecule has 0 bridgehead atoms. The second kappa shape index (κ2) is 31.0. The Kier molecular flexibility index (Phi) is 28.9. The average molecular weight is 690 g/mol. The van der Waals surface area contributed by atoms with Crippen LogP contribution in [0.1, 0.15) is 122 Å². The molecule has 0 spiro atoms. The maximum absolute atomic E-state index is 12.3. The number of carbonyl (C=O) groups excluding carboxylic acids is 3. The van der Waals surface area contributed by atoms with Crippen molar-refractivity contribution in [1.29, 1.82) is 0 Å². The first-order valence-electron chi connectivity index (χ1n) is 17.3. The molecule has 0 aromatic heterocycles. The van der Waals surface area contributed by atoms with Crippen molar-refractivity contribution in [3.8, 4) is 0 Å². The lowest BCUT2D eigenvalue weighted by atomic mass is 10.0. The number of aliphatic carboxylic acids is 3. The van der Waals surface area contributed by atoms with E-state index in [9.17, 15) is 33.9 Å². The lowest BCUT2D eigenvalue weighted by Gasteiger charge is -2.17. The Bertz CT molecular complexity index is 918. The topological polar surface area (TPSA) is 227 Å². The highest BCUT2D eigenvalue weighted by molar-refractivity contribution is 5.84. The summed E-state index contributed by atoms with van der Waals surface area (Å²) in [4.78, 5) is 68.9.